The largest absolute Gasteiger partial charge is 0.378 e. The standard InChI is InChI=1S/C23H27ClN2O3/c1-14-19(22(28)26-8-10-29-11-9-26)20(15-4-6-16(24)7-5-15)21-17(25-14)12-23(2,3)13-18(21)27/h4-7,20,25H,8-13H2,1-3H3/t20-/m0/s1. The number of benzene rings is 1. The van der Waals surface area contributed by atoms with E-state index in [4.69, 9.17) is 16.3 Å². The van der Waals surface area contributed by atoms with Crippen LogP contribution < -0.4 is 5.32 Å². The van der Waals surface area contributed by atoms with Crippen molar-refractivity contribution < 1.29 is 14.3 Å². The van der Waals surface area contributed by atoms with E-state index in [0.29, 0.717) is 43.3 Å². The van der Waals surface area contributed by atoms with E-state index in [9.17, 15) is 9.59 Å². The van der Waals surface area contributed by atoms with Crippen molar-refractivity contribution in [2.75, 3.05) is 26.3 Å². The molecule has 1 aromatic rings. The molecule has 1 N–H and O–H groups in total. The zero-order chi connectivity index (χ0) is 20.8. The Bertz CT molecular complexity index is 909. The maximum absolute atomic E-state index is 13.5. The molecule has 4 rings (SSSR count). The van der Waals surface area contributed by atoms with E-state index in [1.54, 1.807) is 0 Å². The molecule has 1 saturated heterocycles. The fourth-order valence-electron chi connectivity index (χ4n) is 4.64. The zero-order valence-corrected chi connectivity index (χ0v) is 17.9. The quantitative estimate of drug-likeness (QED) is 0.799. The minimum Gasteiger partial charge on any atom is -0.378 e. The molecule has 29 heavy (non-hydrogen) atoms. The lowest BCUT2D eigenvalue weighted by Gasteiger charge is -2.41. The van der Waals surface area contributed by atoms with E-state index in [1.165, 1.54) is 0 Å². The first-order chi connectivity index (χ1) is 13.8. The van der Waals surface area contributed by atoms with Crippen LogP contribution in [0, 0.1) is 5.41 Å². The fourth-order valence-corrected chi connectivity index (χ4v) is 4.77. The summed E-state index contributed by atoms with van der Waals surface area (Å²) in [6, 6.07) is 7.50. The van der Waals surface area contributed by atoms with E-state index >= 15 is 0 Å². The van der Waals surface area contributed by atoms with Gasteiger partial charge in [0.1, 0.15) is 0 Å². The van der Waals surface area contributed by atoms with Crippen LogP contribution in [0.15, 0.2) is 46.8 Å². The van der Waals surface area contributed by atoms with Gasteiger partial charge in [0.15, 0.2) is 5.78 Å². The molecule has 3 aliphatic rings. The SMILES string of the molecule is CC1=C(C(=O)N2CCOCC2)[C@H](c2ccc(Cl)cc2)C2=C(CC(C)(C)CC2=O)N1. The first-order valence-corrected chi connectivity index (χ1v) is 10.5. The molecule has 0 radical (unpaired) electrons. The molecule has 1 fully saturated rings. The van der Waals surface area contributed by atoms with Gasteiger partial charge in [0.25, 0.3) is 5.91 Å². The van der Waals surface area contributed by atoms with Crippen LogP contribution in [0.1, 0.15) is 45.1 Å². The van der Waals surface area contributed by atoms with Crippen molar-refractivity contribution in [1.82, 2.24) is 10.2 Å². The lowest BCUT2D eigenvalue weighted by Crippen LogP contribution is -2.45. The number of carbonyl (C=O) groups is 2. The molecule has 0 bridgehead atoms. The first kappa shape index (κ1) is 20.2. The van der Waals surface area contributed by atoms with Crippen LogP contribution in [0.2, 0.25) is 5.02 Å². The summed E-state index contributed by atoms with van der Waals surface area (Å²) in [6.45, 7) is 8.37. The topological polar surface area (TPSA) is 58.6 Å². The van der Waals surface area contributed by atoms with Gasteiger partial charge in [-0.15, -0.1) is 0 Å². The van der Waals surface area contributed by atoms with Crippen molar-refractivity contribution in [3.63, 3.8) is 0 Å². The van der Waals surface area contributed by atoms with Crippen LogP contribution in [0.4, 0.5) is 0 Å². The second-order valence-electron chi connectivity index (χ2n) is 8.89. The van der Waals surface area contributed by atoms with Crippen molar-refractivity contribution >= 4 is 23.3 Å². The van der Waals surface area contributed by atoms with Crippen molar-refractivity contribution in [1.29, 1.82) is 0 Å². The molecular formula is C23H27ClN2O3. The highest BCUT2D eigenvalue weighted by Crippen LogP contribution is 2.47. The number of hydrogen-bond acceptors (Lipinski definition) is 4. The van der Waals surface area contributed by atoms with Crippen LogP contribution in [0.3, 0.4) is 0 Å². The lowest BCUT2D eigenvalue weighted by molar-refractivity contribution is -0.131. The van der Waals surface area contributed by atoms with E-state index in [0.717, 1.165) is 29.0 Å². The predicted molar refractivity (Wildman–Crippen MR) is 112 cm³/mol. The molecule has 0 saturated carbocycles. The Hall–Kier alpha value is -2.11. The second kappa shape index (κ2) is 7.62. The molecule has 2 aliphatic heterocycles. The molecule has 0 spiro atoms. The van der Waals surface area contributed by atoms with Gasteiger partial charge in [-0.05, 0) is 36.5 Å². The molecule has 6 heteroatoms. The Labute approximate surface area is 176 Å². The number of allylic oxidation sites excluding steroid dienone is 3. The summed E-state index contributed by atoms with van der Waals surface area (Å²) < 4.78 is 5.41. The van der Waals surface area contributed by atoms with E-state index in [1.807, 2.05) is 36.1 Å². The number of hydrogen-bond donors (Lipinski definition) is 1. The van der Waals surface area contributed by atoms with Gasteiger partial charge < -0.3 is 15.0 Å². The van der Waals surface area contributed by atoms with Crippen LogP contribution in [0.5, 0.6) is 0 Å². The Morgan fingerprint density at radius 2 is 1.83 bits per heavy atom. The summed E-state index contributed by atoms with van der Waals surface area (Å²) in [5.74, 6) is -0.284. The Kier molecular flexibility index (Phi) is 5.30. The Morgan fingerprint density at radius 1 is 1.17 bits per heavy atom. The summed E-state index contributed by atoms with van der Waals surface area (Å²) in [5.41, 5.74) is 3.98. The average Bonchev–Trinajstić information content (AvgIpc) is 2.67. The first-order valence-electron chi connectivity index (χ1n) is 10.1. The normalized spacial score (nSPS) is 24.3. The maximum atomic E-state index is 13.5. The maximum Gasteiger partial charge on any atom is 0.252 e. The number of morpholine rings is 1. The van der Waals surface area contributed by atoms with E-state index in [2.05, 4.69) is 19.2 Å². The van der Waals surface area contributed by atoms with Crippen LogP contribution in [-0.4, -0.2) is 42.9 Å². The third-order valence-electron chi connectivity index (χ3n) is 5.97. The van der Waals surface area contributed by atoms with Gasteiger partial charge in [0, 0.05) is 53.0 Å². The molecule has 1 aromatic carbocycles. The molecule has 2 heterocycles. The number of carbonyl (C=O) groups excluding carboxylic acids is 2. The Balaban J connectivity index is 1.82. The van der Waals surface area contributed by atoms with Crippen LogP contribution >= 0.6 is 11.6 Å². The minimum atomic E-state index is -0.373. The highest BCUT2D eigenvalue weighted by molar-refractivity contribution is 6.30. The molecule has 0 unspecified atom stereocenters. The number of halogens is 1. The number of ketones is 1. The number of Topliss-reactive ketones (excluding diaryl/α,β-unsaturated/α-hetero) is 1. The number of rotatable bonds is 2. The number of amides is 1. The van der Waals surface area contributed by atoms with Gasteiger partial charge in [0.05, 0.1) is 13.2 Å². The molecular weight excluding hydrogens is 388 g/mol. The molecule has 5 nitrogen and oxygen atoms in total. The lowest BCUT2D eigenvalue weighted by atomic mass is 9.68. The van der Waals surface area contributed by atoms with Crippen molar-refractivity contribution in [2.24, 2.45) is 5.41 Å². The highest BCUT2D eigenvalue weighted by Gasteiger charge is 2.43. The summed E-state index contributed by atoms with van der Waals surface area (Å²) in [6.07, 6.45) is 1.27. The van der Waals surface area contributed by atoms with E-state index in [-0.39, 0.29) is 23.0 Å². The third kappa shape index (κ3) is 3.86. The predicted octanol–water partition coefficient (Wildman–Crippen LogP) is 3.80. The van der Waals surface area contributed by atoms with Gasteiger partial charge in [-0.1, -0.05) is 37.6 Å². The number of ether oxygens (including phenoxy) is 1. The van der Waals surface area contributed by atoms with Crippen molar-refractivity contribution in [2.45, 2.75) is 39.5 Å². The van der Waals surface area contributed by atoms with Crippen LogP contribution in [0.25, 0.3) is 0 Å². The van der Waals surface area contributed by atoms with Gasteiger partial charge in [-0.2, -0.15) is 0 Å². The number of nitrogens with zero attached hydrogens (tertiary/aromatic N) is 1. The van der Waals surface area contributed by atoms with Gasteiger partial charge in [0.2, 0.25) is 0 Å². The third-order valence-corrected chi connectivity index (χ3v) is 6.22. The molecule has 1 amide bonds. The second-order valence-corrected chi connectivity index (χ2v) is 9.32. The number of nitrogens with one attached hydrogen (secondary N) is 1. The molecule has 1 aliphatic carbocycles. The van der Waals surface area contributed by atoms with Gasteiger partial charge in [-0.3, -0.25) is 9.59 Å². The fraction of sp³-hybridized carbons (Fsp3) is 0.478. The monoisotopic (exact) mass is 414 g/mol. The highest BCUT2D eigenvalue weighted by atomic mass is 35.5. The Morgan fingerprint density at radius 3 is 2.48 bits per heavy atom. The molecule has 154 valence electrons. The zero-order valence-electron chi connectivity index (χ0n) is 17.2. The minimum absolute atomic E-state index is 0.0255. The van der Waals surface area contributed by atoms with Crippen molar-refractivity contribution in [3.8, 4) is 0 Å². The summed E-state index contributed by atoms with van der Waals surface area (Å²) in [7, 11) is 0. The molecule has 0 aromatic heterocycles. The number of dihydropyridines is 1. The molecule has 1 atom stereocenters. The van der Waals surface area contributed by atoms with Crippen molar-refractivity contribution in [3.05, 3.63) is 57.4 Å². The summed E-state index contributed by atoms with van der Waals surface area (Å²) in [5, 5.41) is 4.05. The smallest absolute Gasteiger partial charge is 0.252 e. The van der Waals surface area contributed by atoms with Gasteiger partial charge in [-0.25, -0.2) is 0 Å². The van der Waals surface area contributed by atoms with Crippen LogP contribution in [-0.2, 0) is 14.3 Å². The summed E-state index contributed by atoms with van der Waals surface area (Å²) in [4.78, 5) is 28.6. The average molecular weight is 415 g/mol. The van der Waals surface area contributed by atoms with E-state index < -0.39 is 0 Å². The van der Waals surface area contributed by atoms with Gasteiger partial charge >= 0.3 is 0 Å². The summed E-state index contributed by atoms with van der Waals surface area (Å²) >= 11 is 6.11.